The van der Waals surface area contributed by atoms with Gasteiger partial charge in [-0.15, -0.1) is 0 Å². The topological polar surface area (TPSA) is 74.7 Å². The minimum Gasteiger partial charge on any atom is -0.480 e. The van der Waals surface area contributed by atoms with E-state index >= 15 is 0 Å². The number of benzene rings is 1. The van der Waals surface area contributed by atoms with Crippen LogP contribution in [0.2, 0.25) is 0 Å². The fourth-order valence-electron chi connectivity index (χ4n) is 2.83. The number of aliphatic carboxylic acids is 1. The quantitative estimate of drug-likeness (QED) is 0.893. The number of carbonyl (C=O) groups excluding carboxylic acids is 2. The smallest absolute Gasteiger partial charge is 0.326 e. The molecule has 1 heterocycles. The van der Waals surface area contributed by atoms with Crippen molar-refractivity contribution in [3.63, 3.8) is 0 Å². The van der Waals surface area contributed by atoms with Gasteiger partial charge in [0.2, 0.25) is 5.91 Å². The number of carboxylic acids is 1. The summed E-state index contributed by atoms with van der Waals surface area (Å²) in [4.78, 5) is 37.0. The van der Waals surface area contributed by atoms with E-state index in [1.54, 1.807) is 0 Å². The van der Waals surface area contributed by atoms with Crippen LogP contribution in [0.1, 0.15) is 30.4 Å². The zero-order valence-corrected chi connectivity index (χ0v) is 13.6. The lowest BCUT2D eigenvalue weighted by Crippen LogP contribution is -2.48. The second-order valence-corrected chi connectivity index (χ2v) is 7.14. The predicted octanol–water partition coefficient (Wildman–Crippen LogP) is 2.08. The number of nitrogens with zero attached hydrogens (tertiary/aromatic N) is 1. The van der Waals surface area contributed by atoms with Crippen molar-refractivity contribution in [2.75, 3.05) is 5.75 Å². The summed E-state index contributed by atoms with van der Waals surface area (Å²) in [7, 11) is 0. The molecule has 23 heavy (non-hydrogen) atoms. The Labute approximate surface area is 139 Å². The lowest BCUT2D eigenvalue weighted by Gasteiger charge is -2.34. The van der Waals surface area contributed by atoms with Gasteiger partial charge in [-0.05, 0) is 24.0 Å². The first kappa shape index (κ1) is 16.1. The van der Waals surface area contributed by atoms with Gasteiger partial charge in [-0.2, -0.15) is 0 Å². The number of carboxylic acid groups (broad SMARTS) is 1. The van der Waals surface area contributed by atoms with Gasteiger partial charge in [0.15, 0.2) is 5.12 Å². The Hall–Kier alpha value is -1.82. The fraction of sp³-hybridized carbons (Fsp3) is 0.471. The maximum atomic E-state index is 12.4. The van der Waals surface area contributed by atoms with Crippen molar-refractivity contribution in [2.45, 2.75) is 38.3 Å². The summed E-state index contributed by atoms with van der Waals surface area (Å²) >= 11 is 1.20. The van der Waals surface area contributed by atoms with Gasteiger partial charge in [0.25, 0.3) is 0 Å². The van der Waals surface area contributed by atoms with E-state index in [-0.39, 0.29) is 23.4 Å². The first-order valence-corrected chi connectivity index (χ1v) is 8.80. The average Bonchev–Trinajstić information content (AvgIpc) is 3.38. The molecule has 122 valence electrons. The van der Waals surface area contributed by atoms with Crippen LogP contribution < -0.4 is 0 Å². The largest absolute Gasteiger partial charge is 0.480 e. The van der Waals surface area contributed by atoms with E-state index in [4.69, 9.17) is 0 Å². The Kier molecular flexibility index (Phi) is 4.71. The second kappa shape index (κ2) is 6.74. The highest BCUT2D eigenvalue weighted by atomic mass is 32.2. The van der Waals surface area contributed by atoms with Gasteiger partial charge < -0.3 is 10.0 Å². The summed E-state index contributed by atoms with van der Waals surface area (Å²) < 4.78 is 0. The van der Waals surface area contributed by atoms with Crippen molar-refractivity contribution < 1.29 is 19.5 Å². The summed E-state index contributed by atoms with van der Waals surface area (Å²) in [6, 6.07) is 6.81. The van der Waals surface area contributed by atoms with E-state index in [2.05, 4.69) is 0 Å². The van der Waals surface area contributed by atoms with Crippen LogP contribution in [-0.4, -0.2) is 38.8 Å². The number of hydrogen-bond donors (Lipinski definition) is 1. The molecule has 0 radical (unpaired) electrons. The molecule has 1 N–H and O–H groups in total. The van der Waals surface area contributed by atoms with Crippen molar-refractivity contribution >= 4 is 28.8 Å². The third kappa shape index (κ3) is 3.75. The minimum absolute atomic E-state index is 0.163. The molecule has 1 aromatic carbocycles. The van der Waals surface area contributed by atoms with Crippen molar-refractivity contribution in [2.24, 2.45) is 5.92 Å². The van der Waals surface area contributed by atoms with Gasteiger partial charge >= 0.3 is 5.97 Å². The molecule has 1 aliphatic carbocycles. The molecule has 1 aliphatic heterocycles. The Bertz CT molecular complexity index is 641. The number of rotatable bonds is 5. The van der Waals surface area contributed by atoms with Crippen molar-refractivity contribution in [3.05, 3.63) is 35.4 Å². The highest BCUT2D eigenvalue weighted by Gasteiger charge is 2.34. The van der Waals surface area contributed by atoms with Crippen LogP contribution in [0.15, 0.2) is 24.3 Å². The van der Waals surface area contributed by atoms with Gasteiger partial charge in [-0.25, -0.2) is 4.79 Å². The third-order valence-electron chi connectivity index (χ3n) is 4.32. The first-order valence-electron chi connectivity index (χ1n) is 7.82. The molecule has 0 unspecified atom stereocenters. The molecular formula is C17H19NO4S. The van der Waals surface area contributed by atoms with Crippen molar-refractivity contribution in [1.82, 2.24) is 4.90 Å². The Balaban J connectivity index is 1.62. The van der Waals surface area contributed by atoms with Gasteiger partial charge in [-0.1, -0.05) is 36.0 Å². The van der Waals surface area contributed by atoms with Crippen LogP contribution in [0, 0.1) is 5.92 Å². The van der Waals surface area contributed by atoms with E-state index in [1.807, 2.05) is 24.3 Å². The Morgan fingerprint density at radius 2 is 1.87 bits per heavy atom. The van der Waals surface area contributed by atoms with Crippen LogP contribution in [0.25, 0.3) is 0 Å². The maximum absolute atomic E-state index is 12.4. The zero-order valence-electron chi connectivity index (χ0n) is 12.7. The highest BCUT2D eigenvalue weighted by Crippen LogP contribution is 2.34. The van der Waals surface area contributed by atoms with E-state index in [0.717, 1.165) is 24.0 Å². The molecule has 1 saturated carbocycles. The number of hydrogen-bond acceptors (Lipinski definition) is 4. The SMILES string of the molecule is O=C(SCCC(=O)N1Cc2ccccc2C[C@H]1C(=O)O)C1CC1. The molecule has 5 nitrogen and oxygen atoms in total. The molecule has 1 fully saturated rings. The highest BCUT2D eigenvalue weighted by molar-refractivity contribution is 8.13. The lowest BCUT2D eigenvalue weighted by molar-refractivity contribution is -0.151. The molecule has 0 bridgehead atoms. The van der Waals surface area contributed by atoms with Crippen molar-refractivity contribution in [3.8, 4) is 0 Å². The van der Waals surface area contributed by atoms with E-state index in [0.29, 0.717) is 18.7 Å². The van der Waals surface area contributed by atoms with Gasteiger partial charge in [0, 0.05) is 31.1 Å². The van der Waals surface area contributed by atoms with E-state index in [9.17, 15) is 19.5 Å². The van der Waals surface area contributed by atoms with Crippen LogP contribution in [0.4, 0.5) is 0 Å². The Morgan fingerprint density at radius 3 is 2.52 bits per heavy atom. The number of thioether (sulfide) groups is 1. The van der Waals surface area contributed by atoms with E-state index < -0.39 is 12.0 Å². The second-order valence-electron chi connectivity index (χ2n) is 6.04. The van der Waals surface area contributed by atoms with Crippen LogP contribution in [0.3, 0.4) is 0 Å². The zero-order chi connectivity index (χ0) is 16.4. The summed E-state index contributed by atoms with van der Waals surface area (Å²) in [5, 5.41) is 9.59. The molecule has 0 spiro atoms. The average molecular weight is 333 g/mol. The van der Waals surface area contributed by atoms with Gasteiger partial charge in [0.1, 0.15) is 6.04 Å². The summed E-state index contributed by atoms with van der Waals surface area (Å²) in [5.74, 6) is -0.556. The number of fused-ring (bicyclic) bond motifs is 1. The van der Waals surface area contributed by atoms with Crippen LogP contribution >= 0.6 is 11.8 Å². The van der Waals surface area contributed by atoms with Crippen LogP contribution in [-0.2, 0) is 27.3 Å². The van der Waals surface area contributed by atoms with E-state index in [1.165, 1.54) is 16.7 Å². The Morgan fingerprint density at radius 1 is 1.17 bits per heavy atom. The number of carbonyl (C=O) groups is 3. The first-order chi connectivity index (χ1) is 11.1. The molecule has 6 heteroatoms. The molecule has 2 aliphatic rings. The molecular weight excluding hydrogens is 314 g/mol. The molecule has 3 rings (SSSR count). The lowest BCUT2D eigenvalue weighted by atomic mass is 9.94. The maximum Gasteiger partial charge on any atom is 0.326 e. The normalized spacial score (nSPS) is 20.0. The fourth-order valence-corrected chi connectivity index (χ4v) is 3.77. The monoisotopic (exact) mass is 333 g/mol. The molecule has 1 aromatic rings. The summed E-state index contributed by atoms with van der Waals surface area (Å²) in [6.45, 7) is 0.327. The molecule has 1 atom stereocenters. The van der Waals surface area contributed by atoms with Gasteiger partial charge in [-0.3, -0.25) is 9.59 Å². The summed E-state index contributed by atoms with van der Waals surface area (Å²) in [5.41, 5.74) is 1.99. The third-order valence-corrected chi connectivity index (χ3v) is 5.35. The van der Waals surface area contributed by atoms with Crippen molar-refractivity contribution in [1.29, 1.82) is 0 Å². The molecule has 1 amide bonds. The summed E-state index contributed by atoms with van der Waals surface area (Å²) in [6.07, 6.45) is 2.47. The number of amides is 1. The van der Waals surface area contributed by atoms with Gasteiger partial charge in [0.05, 0.1) is 0 Å². The molecule has 0 saturated heterocycles. The standard InChI is InChI=1S/C17H19NO4S/c19-15(7-8-23-17(22)11-5-6-11)18-10-13-4-2-1-3-12(13)9-14(18)16(20)21/h1-4,11,14H,5-10H2,(H,20,21)/t14-/m0/s1. The van der Waals surface area contributed by atoms with Crippen LogP contribution in [0.5, 0.6) is 0 Å². The predicted molar refractivity (Wildman–Crippen MR) is 86.9 cm³/mol. The minimum atomic E-state index is -0.977. The molecule has 0 aromatic heterocycles.